The largest absolute Gasteiger partial charge is 0.497 e. The second-order valence-corrected chi connectivity index (χ2v) is 5.05. The van der Waals surface area contributed by atoms with E-state index in [0.717, 1.165) is 0 Å². The van der Waals surface area contributed by atoms with Crippen LogP contribution in [-0.4, -0.2) is 32.2 Å². The number of hydrogen-bond donors (Lipinski definition) is 2. The van der Waals surface area contributed by atoms with Gasteiger partial charge >= 0.3 is 12.1 Å². The third kappa shape index (κ3) is 4.65. The van der Waals surface area contributed by atoms with E-state index < -0.39 is 18.0 Å². The number of para-hydroxylation sites is 2. The monoisotopic (exact) mass is 368 g/mol. The minimum atomic E-state index is -5.04. The first-order valence-corrected chi connectivity index (χ1v) is 7.26. The number of alkyl halides is 3. The van der Waals surface area contributed by atoms with Crippen LogP contribution in [0.1, 0.15) is 10.4 Å². The zero-order chi connectivity index (χ0) is 19.3. The lowest BCUT2D eigenvalue weighted by molar-refractivity contribution is -0.167. The highest BCUT2D eigenvalue weighted by atomic mass is 19.4. The summed E-state index contributed by atoms with van der Waals surface area (Å²) in [4.78, 5) is 23.6. The molecule has 2 aromatic rings. The maximum atomic E-state index is 12.4. The van der Waals surface area contributed by atoms with E-state index in [-0.39, 0.29) is 16.9 Å². The van der Waals surface area contributed by atoms with E-state index in [9.17, 15) is 22.8 Å². The van der Waals surface area contributed by atoms with Crippen LogP contribution in [0.25, 0.3) is 0 Å². The predicted octanol–water partition coefficient (Wildman–Crippen LogP) is 3.46. The van der Waals surface area contributed by atoms with Gasteiger partial charge in [0.15, 0.2) is 0 Å². The number of anilines is 2. The summed E-state index contributed by atoms with van der Waals surface area (Å²) in [5.41, 5.74) is -0.00641. The quantitative estimate of drug-likeness (QED) is 0.848. The van der Waals surface area contributed by atoms with Crippen LogP contribution in [0.15, 0.2) is 42.5 Å². The summed E-state index contributed by atoms with van der Waals surface area (Å²) < 4.78 is 47.4. The molecule has 0 aliphatic heterocycles. The van der Waals surface area contributed by atoms with E-state index in [1.165, 1.54) is 50.6 Å². The fraction of sp³-hybridized carbons (Fsp3) is 0.176. The molecule has 0 unspecified atom stereocenters. The number of methoxy groups -OCH3 is 2. The Morgan fingerprint density at radius 1 is 0.885 bits per heavy atom. The number of amides is 2. The van der Waals surface area contributed by atoms with Gasteiger partial charge < -0.3 is 20.1 Å². The third-order valence-corrected chi connectivity index (χ3v) is 3.29. The van der Waals surface area contributed by atoms with Crippen LogP contribution in [0, 0.1) is 0 Å². The van der Waals surface area contributed by atoms with Crippen molar-refractivity contribution in [2.75, 3.05) is 24.9 Å². The first-order chi connectivity index (χ1) is 12.2. The van der Waals surface area contributed by atoms with E-state index >= 15 is 0 Å². The van der Waals surface area contributed by atoms with Crippen LogP contribution in [0.4, 0.5) is 24.5 Å². The maximum Gasteiger partial charge on any atom is 0.471 e. The Morgan fingerprint density at radius 2 is 1.38 bits per heavy atom. The van der Waals surface area contributed by atoms with Crippen LogP contribution in [0.2, 0.25) is 0 Å². The molecule has 0 bridgehead atoms. The fourth-order valence-electron chi connectivity index (χ4n) is 2.03. The Balaban J connectivity index is 2.26. The van der Waals surface area contributed by atoms with Crippen molar-refractivity contribution in [3.8, 4) is 11.5 Å². The first-order valence-electron chi connectivity index (χ1n) is 7.26. The number of rotatable bonds is 5. The molecule has 2 aromatic carbocycles. The predicted molar refractivity (Wildman–Crippen MR) is 88.6 cm³/mol. The Morgan fingerprint density at radius 3 is 1.85 bits per heavy atom. The van der Waals surface area contributed by atoms with E-state index in [0.29, 0.717) is 11.5 Å². The first kappa shape index (κ1) is 19.1. The summed E-state index contributed by atoms with van der Waals surface area (Å²) in [6, 6.07) is 9.98. The van der Waals surface area contributed by atoms with Gasteiger partial charge in [-0.1, -0.05) is 12.1 Å². The number of halogens is 3. The molecular weight excluding hydrogens is 353 g/mol. The summed E-state index contributed by atoms with van der Waals surface area (Å²) in [6.45, 7) is 0. The lowest BCUT2D eigenvalue weighted by atomic mass is 10.1. The van der Waals surface area contributed by atoms with Crippen molar-refractivity contribution in [2.24, 2.45) is 0 Å². The van der Waals surface area contributed by atoms with Crippen molar-refractivity contribution in [2.45, 2.75) is 6.18 Å². The van der Waals surface area contributed by atoms with Crippen LogP contribution >= 0.6 is 0 Å². The van der Waals surface area contributed by atoms with Gasteiger partial charge in [0, 0.05) is 11.6 Å². The molecule has 6 nitrogen and oxygen atoms in total. The Hall–Kier alpha value is -3.23. The van der Waals surface area contributed by atoms with E-state index in [4.69, 9.17) is 9.47 Å². The van der Waals surface area contributed by atoms with Crippen LogP contribution in [-0.2, 0) is 4.79 Å². The van der Waals surface area contributed by atoms with Gasteiger partial charge in [-0.3, -0.25) is 9.59 Å². The second kappa shape index (κ2) is 7.77. The number of ether oxygens (including phenoxy) is 2. The van der Waals surface area contributed by atoms with E-state index in [1.807, 2.05) is 0 Å². The molecule has 0 atom stereocenters. The maximum absolute atomic E-state index is 12.4. The minimum absolute atomic E-state index is 0.0110. The van der Waals surface area contributed by atoms with Crippen molar-refractivity contribution in [1.82, 2.24) is 0 Å². The number of carbonyl (C=O) groups excluding carboxylic acids is 2. The Bertz CT molecular complexity index is 800. The zero-order valence-electron chi connectivity index (χ0n) is 13.8. The summed E-state index contributed by atoms with van der Waals surface area (Å²) in [6.07, 6.45) is -5.04. The molecule has 2 rings (SSSR count). The highest BCUT2D eigenvalue weighted by molar-refractivity contribution is 6.08. The summed E-state index contributed by atoms with van der Waals surface area (Å²) in [5, 5.41) is 4.18. The summed E-state index contributed by atoms with van der Waals surface area (Å²) >= 11 is 0. The smallest absolute Gasteiger partial charge is 0.471 e. The molecule has 138 valence electrons. The molecule has 26 heavy (non-hydrogen) atoms. The van der Waals surface area contributed by atoms with Crippen molar-refractivity contribution >= 4 is 23.2 Å². The normalized spacial score (nSPS) is 10.8. The SMILES string of the molecule is COc1cc(OC)cc(C(=O)Nc2ccccc2NC(=O)C(F)(F)F)c1. The lowest BCUT2D eigenvalue weighted by Gasteiger charge is -2.14. The molecule has 9 heteroatoms. The van der Waals surface area contributed by atoms with Gasteiger partial charge in [0.2, 0.25) is 0 Å². The number of benzene rings is 2. The van der Waals surface area contributed by atoms with Gasteiger partial charge in [0.25, 0.3) is 5.91 Å². The van der Waals surface area contributed by atoms with Gasteiger partial charge in [0.1, 0.15) is 11.5 Å². The molecule has 0 aliphatic rings. The third-order valence-electron chi connectivity index (χ3n) is 3.29. The zero-order valence-corrected chi connectivity index (χ0v) is 13.8. The van der Waals surface area contributed by atoms with Gasteiger partial charge in [-0.2, -0.15) is 13.2 Å². The highest BCUT2D eigenvalue weighted by Crippen LogP contribution is 2.27. The molecule has 0 spiro atoms. The van der Waals surface area contributed by atoms with Gasteiger partial charge in [-0.25, -0.2) is 0 Å². The van der Waals surface area contributed by atoms with Crippen molar-refractivity contribution < 1.29 is 32.2 Å². The van der Waals surface area contributed by atoms with E-state index in [2.05, 4.69) is 5.32 Å². The van der Waals surface area contributed by atoms with Gasteiger partial charge in [-0.05, 0) is 24.3 Å². The molecule has 2 N–H and O–H groups in total. The minimum Gasteiger partial charge on any atom is -0.497 e. The molecular formula is C17H15F3N2O4. The Kier molecular flexibility index (Phi) is 5.71. The average molecular weight is 368 g/mol. The number of hydrogen-bond acceptors (Lipinski definition) is 4. The number of carbonyl (C=O) groups is 2. The van der Waals surface area contributed by atoms with Crippen LogP contribution in [0.5, 0.6) is 11.5 Å². The molecule has 0 aromatic heterocycles. The molecule has 0 saturated carbocycles. The van der Waals surface area contributed by atoms with Gasteiger partial charge in [0.05, 0.1) is 25.6 Å². The average Bonchev–Trinajstić information content (AvgIpc) is 2.61. The lowest BCUT2D eigenvalue weighted by Crippen LogP contribution is -2.30. The molecule has 0 radical (unpaired) electrons. The molecule has 0 heterocycles. The standard InChI is InChI=1S/C17H15F3N2O4/c1-25-11-7-10(8-12(9-11)26-2)15(23)21-13-5-3-4-6-14(13)22-16(24)17(18,19)20/h3-9H,1-2H3,(H,21,23)(H,22,24). The van der Waals surface area contributed by atoms with Crippen molar-refractivity contribution in [3.05, 3.63) is 48.0 Å². The molecule has 2 amide bonds. The van der Waals surface area contributed by atoms with Crippen molar-refractivity contribution in [3.63, 3.8) is 0 Å². The van der Waals surface area contributed by atoms with Crippen LogP contribution < -0.4 is 20.1 Å². The van der Waals surface area contributed by atoms with Crippen molar-refractivity contribution in [1.29, 1.82) is 0 Å². The molecule has 0 aliphatic carbocycles. The Labute approximate surface area is 146 Å². The molecule has 0 fully saturated rings. The second-order valence-electron chi connectivity index (χ2n) is 5.05. The highest BCUT2D eigenvalue weighted by Gasteiger charge is 2.39. The summed E-state index contributed by atoms with van der Waals surface area (Å²) in [5.74, 6) is -2.01. The molecule has 0 saturated heterocycles. The van der Waals surface area contributed by atoms with E-state index in [1.54, 1.807) is 11.4 Å². The fourth-order valence-corrected chi connectivity index (χ4v) is 2.03. The van der Waals surface area contributed by atoms with Gasteiger partial charge in [-0.15, -0.1) is 0 Å². The number of nitrogens with one attached hydrogen (secondary N) is 2. The summed E-state index contributed by atoms with van der Waals surface area (Å²) in [7, 11) is 2.83. The van der Waals surface area contributed by atoms with Crippen LogP contribution in [0.3, 0.4) is 0 Å². The topological polar surface area (TPSA) is 76.7 Å².